The summed E-state index contributed by atoms with van der Waals surface area (Å²) in [6, 6.07) is 1.58. The highest BCUT2D eigenvalue weighted by molar-refractivity contribution is 6.29. The Hall–Kier alpha value is -1.42. The lowest BCUT2D eigenvalue weighted by Crippen LogP contribution is -2.26. The van der Waals surface area contributed by atoms with Crippen LogP contribution >= 0.6 is 11.6 Å². The number of nitrogens with one attached hydrogen (secondary N) is 1. The lowest BCUT2D eigenvalue weighted by atomic mass is 9.93. The predicted molar refractivity (Wildman–Crippen MR) is 64.5 cm³/mol. The molecule has 3 unspecified atom stereocenters. The van der Waals surface area contributed by atoms with Crippen LogP contribution in [-0.2, 0) is 4.79 Å². The summed E-state index contributed by atoms with van der Waals surface area (Å²) in [5.74, 6) is 1.32. The molecule has 1 saturated carbocycles. The van der Waals surface area contributed by atoms with Gasteiger partial charge in [0.15, 0.2) is 0 Å². The van der Waals surface area contributed by atoms with E-state index in [4.69, 9.17) is 11.6 Å². The Morgan fingerprint density at radius 2 is 2.29 bits per heavy atom. The van der Waals surface area contributed by atoms with E-state index < -0.39 is 0 Å². The smallest absolute Gasteiger partial charge is 0.230 e. The van der Waals surface area contributed by atoms with E-state index in [1.54, 1.807) is 6.07 Å². The molecule has 1 heterocycles. The maximum atomic E-state index is 12.0. The number of fused-ring (bicyclic) bond motifs is 2. The summed E-state index contributed by atoms with van der Waals surface area (Å²) in [5.41, 5.74) is 0. The van der Waals surface area contributed by atoms with Gasteiger partial charge in [0.05, 0.1) is 0 Å². The second-order valence-corrected chi connectivity index (χ2v) is 4.97. The van der Waals surface area contributed by atoms with E-state index in [1.807, 2.05) is 0 Å². The second-order valence-electron chi connectivity index (χ2n) is 4.58. The molecule has 2 aliphatic rings. The van der Waals surface area contributed by atoms with Gasteiger partial charge in [-0.2, -0.15) is 0 Å². The summed E-state index contributed by atoms with van der Waals surface area (Å²) in [6.45, 7) is 0. The van der Waals surface area contributed by atoms with Crippen LogP contribution in [0.15, 0.2) is 24.4 Å². The fraction of sp³-hybridized carbons (Fsp3) is 0.417. The van der Waals surface area contributed by atoms with Gasteiger partial charge in [-0.05, 0) is 30.7 Å². The summed E-state index contributed by atoms with van der Waals surface area (Å²) in [7, 11) is 0. The predicted octanol–water partition coefficient (Wildman–Crippen LogP) is 2.28. The Morgan fingerprint density at radius 1 is 1.41 bits per heavy atom. The van der Waals surface area contributed by atoms with Crippen molar-refractivity contribution >= 4 is 23.5 Å². The standard InChI is InChI=1S/C12H12ClN3O/c13-10-3-4-14-12(15-10)16-11(17)9-6-7-1-2-8(9)5-7/h1-4,7-9H,5-6H2,(H,14,15,16,17). The fourth-order valence-electron chi connectivity index (χ4n) is 2.68. The highest BCUT2D eigenvalue weighted by Gasteiger charge is 2.39. The number of anilines is 1. The molecule has 88 valence electrons. The topological polar surface area (TPSA) is 54.9 Å². The van der Waals surface area contributed by atoms with E-state index in [0.29, 0.717) is 17.0 Å². The number of amides is 1. The molecule has 1 fully saturated rings. The van der Waals surface area contributed by atoms with Crippen LogP contribution in [0.3, 0.4) is 0 Å². The first-order valence-corrected chi connectivity index (χ1v) is 6.08. The molecule has 0 saturated heterocycles. The van der Waals surface area contributed by atoms with Crippen molar-refractivity contribution < 1.29 is 4.79 Å². The first kappa shape index (κ1) is 10.7. The maximum absolute atomic E-state index is 12.0. The van der Waals surface area contributed by atoms with Crippen LogP contribution in [0.25, 0.3) is 0 Å². The largest absolute Gasteiger partial charge is 0.294 e. The van der Waals surface area contributed by atoms with Crippen LogP contribution in [-0.4, -0.2) is 15.9 Å². The van der Waals surface area contributed by atoms with E-state index in [-0.39, 0.29) is 17.8 Å². The minimum atomic E-state index is 0.00381. The molecule has 1 N–H and O–H groups in total. The third-order valence-corrected chi connectivity index (χ3v) is 3.68. The second kappa shape index (κ2) is 4.11. The van der Waals surface area contributed by atoms with E-state index in [1.165, 1.54) is 6.20 Å². The molecule has 1 aromatic rings. The molecule has 0 radical (unpaired) electrons. The van der Waals surface area contributed by atoms with Crippen LogP contribution < -0.4 is 5.32 Å². The average Bonchev–Trinajstić information content (AvgIpc) is 2.90. The number of hydrogen-bond donors (Lipinski definition) is 1. The van der Waals surface area contributed by atoms with Gasteiger partial charge >= 0.3 is 0 Å². The summed E-state index contributed by atoms with van der Waals surface area (Å²) in [4.78, 5) is 20.0. The van der Waals surface area contributed by atoms with Crippen molar-refractivity contribution in [1.82, 2.24) is 9.97 Å². The average molecular weight is 250 g/mol. The lowest BCUT2D eigenvalue weighted by Gasteiger charge is -2.16. The van der Waals surface area contributed by atoms with E-state index in [9.17, 15) is 4.79 Å². The van der Waals surface area contributed by atoms with Crippen molar-refractivity contribution in [3.63, 3.8) is 0 Å². The molecular weight excluding hydrogens is 238 g/mol. The number of allylic oxidation sites excluding steroid dienone is 2. The molecule has 0 spiro atoms. The number of carbonyl (C=O) groups excluding carboxylic acids is 1. The molecule has 3 atom stereocenters. The van der Waals surface area contributed by atoms with Crippen molar-refractivity contribution in [3.05, 3.63) is 29.6 Å². The minimum Gasteiger partial charge on any atom is -0.294 e. The van der Waals surface area contributed by atoms with Crippen LogP contribution in [0.5, 0.6) is 0 Å². The number of halogens is 1. The molecule has 2 aliphatic carbocycles. The van der Waals surface area contributed by atoms with Crippen molar-refractivity contribution in [2.75, 3.05) is 5.32 Å². The number of nitrogens with zero attached hydrogens (tertiary/aromatic N) is 2. The first-order chi connectivity index (χ1) is 8.22. The maximum Gasteiger partial charge on any atom is 0.230 e. The van der Waals surface area contributed by atoms with Gasteiger partial charge in [-0.3, -0.25) is 10.1 Å². The van der Waals surface area contributed by atoms with E-state index in [0.717, 1.165) is 12.8 Å². The molecule has 2 bridgehead atoms. The van der Waals surface area contributed by atoms with Gasteiger partial charge in [0.25, 0.3) is 0 Å². The normalized spacial score (nSPS) is 29.6. The van der Waals surface area contributed by atoms with Gasteiger partial charge < -0.3 is 0 Å². The summed E-state index contributed by atoms with van der Waals surface area (Å²) in [6.07, 6.45) is 7.94. The van der Waals surface area contributed by atoms with Crippen LogP contribution in [0.1, 0.15) is 12.8 Å². The SMILES string of the molecule is O=C(Nc1nccc(Cl)n1)C1CC2C=CC1C2. The van der Waals surface area contributed by atoms with Gasteiger partial charge in [0.1, 0.15) is 5.15 Å². The first-order valence-electron chi connectivity index (χ1n) is 5.70. The molecule has 4 nitrogen and oxygen atoms in total. The zero-order chi connectivity index (χ0) is 11.8. The molecule has 0 aliphatic heterocycles. The Bertz CT molecular complexity index is 488. The number of aromatic nitrogens is 2. The Kier molecular flexibility index (Phi) is 2.59. The van der Waals surface area contributed by atoms with Crippen molar-refractivity contribution in [1.29, 1.82) is 0 Å². The molecule has 0 aromatic carbocycles. The Morgan fingerprint density at radius 3 is 2.94 bits per heavy atom. The zero-order valence-electron chi connectivity index (χ0n) is 9.14. The highest BCUT2D eigenvalue weighted by Crippen LogP contribution is 2.43. The third kappa shape index (κ3) is 2.05. The van der Waals surface area contributed by atoms with Crippen molar-refractivity contribution in [2.24, 2.45) is 17.8 Å². The zero-order valence-corrected chi connectivity index (χ0v) is 9.89. The minimum absolute atomic E-state index is 0.00381. The van der Waals surface area contributed by atoms with Gasteiger partial charge in [0, 0.05) is 12.1 Å². The summed E-state index contributed by atoms with van der Waals surface area (Å²) in [5, 5.41) is 3.07. The highest BCUT2D eigenvalue weighted by atomic mass is 35.5. The monoisotopic (exact) mass is 249 g/mol. The van der Waals surface area contributed by atoms with Gasteiger partial charge in [0.2, 0.25) is 11.9 Å². The van der Waals surface area contributed by atoms with Crippen molar-refractivity contribution in [3.8, 4) is 0 Å². The fourth-order valence-corrected chi connectivity index (χ4v) is 2.82. The Balaban J connectivity index is 1.70. The Labute approximate surface area is 104 Å². The van der Waals surface area contributed by atoms with Crippen LogP contribution in [0, 0.1) is 17.8 Å². The summed E-state index contributed by atoms with van der Waals surface area (Å²) < 4.78 is 0. The van der Waals surface area contributed by atoms with Gasteiger partial charge in [-0.15, -0.1) is 0 Å². The quantitative estimate of drug-likeness (QED) is 0.646. The summed E-state index contributed by atoms with van der Waals surface area (Å²) >= 11 is 5.74. The van der Waals surface area contributed by atoms with Gasteiger partial charge in [-0.1, -0.05) is 23.8 Å². The molecule has 3 rings (SSSR count). The molecule has 5 heteroatoms. The number of hydrogen-bond acceptors (Lipinski definition) is 3. The molecular formula is C12H12ClN3O. The van der Waals surface area contributed by atoms with Gasteiger partial charge in [-0.25, -0.2) is 9.97 Å². The number of carbonyl (C=O) groups is 1. The van der Waals surface area contributed by atoms with Crippen LogP contribution in [0.2, 0.25) is 5.15 Å². The molecule has 17 heavy (non-hydrogen) atoms. The molecule has 1 aromatic heterocycles. The van der Waals surface area contributed by atoms with Crippen molar-refractivity contribution in [2.45, 2.75) is 12.8 Å². The lowest BCUT2D eigenvalue weighted by molar-refractivity contribution is -0.120. The van der Waals surface area contributed by atoms with E-state index in [2.05, 4.69) is 27.4 Å². The molecule has 1 amide bonds. The number of rotatable bonds is 2. The van der Waals surface area contributed by atoms with E-state index >= 15 is 0 Å². The van der Waals surface area contributed by atoms with Crippen LogP contribution in [0.4, 0.5) is 5.95 Å². The third-order valence-electron chi connectivity index (χ3n) is 3.47.